The van der Waals surface area contributed by atoms with Crippen LogP contribution in [0.4, 0.5) is 5.69 Å². The van der Waals surface area contributed by atoms with Crippen molar-refractivity contribution in [2.45, 2.75) is 30.2 Å². The number of halogens is 1. The van der Waals surface area contributed by atoms with Gasteiger partial charge in [0.15, 0.2) is 0 Å². The van der Waals surface area contributed by atoms with Crippen LogP contribution in [0.1, 0.15) is 45.9 Å². The number of nitrogens with one attached hydrogen (secondary N) is 1. The summed E-state index contributed by atoms with van der Waals surface area (Å²) >= 11 is 7.50. The molecule has 2 amide bonds. The molecule has 166 valence electrons. The van der Waals surface area contributed by atoms with Gasteiger partial charge >= 0.3 is 0 Å². The van der Waals surface area contributed by atoms with Crippen LogP contribution >= 0.6 is 23.4 Å². The van der Waals surface area contributed by atoms with Gasteiger partial charge in [-0.1, -0.05) is 59.8 Å². The lowest BCUT2D eigenvalue weighted by molar-refractivity contribution is -0.114. The molecule has 0 fully saturated rings. The van der Waals surface area contributed by atoms with Crippen LogP contribution in [0, 0.1) is 0 Å². The number of anilines is 1. The van der Waals surface area contributed by atoms with E-state index in [1.807, 2.05) is 48.5 Å². The molecule has 1 aliphatic carbocycles. The third-order valence-electron chi connectivity index (χ3n) is 6.14. The third kappa shape index (κ3) is 4.43. The van der Waals surface area contributed by atoms with Crippen LogP contribution in [0.2, 0.25) is 5.02 Å². The van der Waals surface area contributed by atoms with Gasteiger partial charge in [0.25, 0.3) is 11.8 Å². The number of nitrogens with zero attached hydrogens (tertiary/aromatic N) is 1. The van der Waals surface area contributed by atoms with Gasteiger partial charge in [0.2, 0.25) is 0 Å². The first-order valence-corrected chi connectivity index (χ1v) is 12.1. The highest BCUT2D eigenvalue weighted by Gasteiger charge is 2.28. The first kappa shape index (κ1) is 21.8. The van der Waals surface area contributed by atoms with E-state index >= 15 is 0 Å². The summed E-state index contributed by atoms with van der Waals surface area (Å²) in [4.78, 5) is 29.3. The van der Waals surface area contributed by atoms with Crippen molar-refractivity contribution in [3.05, 3.63) is 98.9 Å². The number of hydrogen-bond acceptors (Lipinski definition) is 3. The van der Waals surface area contributed by atoms with Gasteiger partial charge in [-0.25, -0.2) is 0 Å². The number of likely N-dealkylation sites (N-methyl/N-ethyl adjacent to an activating group) is 1. The van der Waals surface area contributed by atoms with Crippen LogP contribution < -0.4 is 10.2 Å². The van der Waals surface area contributed by atoms with Gasteiger partial charge in [-0.05, 0) is 72.4 Å². The molecule has 0 radical (unpaired) electrons. The molecule has 1 aliphatic heterocycles. The maximum atomic E-state index is 13.1. The number of hydrogen-bond donors (Lipinski definition) is 1. The quantitative estimate of drug-likeness (QED) is 0.456. The Balaban J connectivity index is 1.38. The molecule has 1 unspecified atom stereocenters. The van der Waals surface area contributed by atoms with Gasteiger partial charge in [0.05, 0.1) is 16.6 Å². The lowest BCUT2D eigenvalue weighted by Crippen LogP contribution is -2.32. The summed E-state index contributed by atoms with van der Waals surface area (Å²) in [5.74, 6) is -0.225. The molecule has 33 heavy (non-hydrogen) atoms. The topological polar surface area (TPSA) is 49.4 Å². The molecule has 0 saturated heterocycles. The molecule has 1 atom stereocenters. The summed E-state index contributed by atoms with van der Waals surface area (Å²) in [5.41, 5.74) is 4.68. The Bertz CT molecular complexity index is 1290. The van der Waals surface area contributed by atoms with Gasteiger partial charge < -0.3 is 10.2 Å². The van der Waals surface area contributed by atoms with Crippen molar-refractivity contribution in [1.29, 1.82) is 0 Å². The second kappa shape index (κ2) is 9.08. The zero-order chi connectivity index (χ0) is 22.9. The number of rotatable bonds is 3. The average Bonchev–Trinajstić information content (AvgIpc) is 2.82. The van der Waals surface area contributed by atoms with Crippen LogP contribution in [-0.2, 0) is 11.2 Å². The van der Waals surface area contributed by atoms with E-state index in [0.717, 1.165) is 35.4 Å². The van der Waals surface area contributed by atoms with E-state index < -0.39 is 0 Å². The Labute approximate surface area is 202 Å². The molecule has 0 spiro atoms. The minimum absolute atomic E-state index is 0.0134. The molecular formula is C27H23ClN2O2S. The van der Waals surface area contributed by atoms with Crippen molar-refractivity contribution in [3.8, 4) is 0 Å². The first-order valence-electron chi connectivity index (χ1n) is 11.0. The average molecular weight is 475 g/mol. The Hall–Kier alpha value is -3.02. The molecule has 4 nitrogen and oxygen atoms in total. The normalized spacial score (nSPS) is 18.6. The predicted octanol–water partition coefficient (Wildman–Crippen LogP) is 6.26. The maximum absolute atomic E-state index is 13.1. The monoisotopic (exact) mass is 474 g/mol. The minimum atomic E-state index is -0.120. The zero-order valence-corrected chi connectivity index (χ0v) is 19.7. The van der Waals surface area contributed by atoms with Crippen molar-refractivity contribution in [2.24, 2.45) is 0 Å². The van der Waals surface area contributed by atoms with Crippen LogP contribution in [0.15, 0.2) is 76.5 Å². The van der Waals surface area contributed by atoms with Gasteiger partial charge in [-0.15, -0.1) is 0 Å². The van der Waals surface area contributed by atoms with Gasteiger partial charge in [-0.3, -0.25) is 9.59 Å². The minimum Gasteiger partial charge on any atom is -0.345 e. The van der Waals surface area contributed by atoms with Crippen molar-refractivity contribution in [3.63, 3.8) is 0 Å². The van der Waals surface area contributed by atoms with Crippen LogP contribution in [0.5, 0.6) is 0 Å². The van der Waals surface area contributed by atoms with E-state index in [4.69, 9.17) is 11.6 Å². The molecule has 3 aromatic carbocycles. The number of fused-ring (bicyclic) bond motifs is 2. The number of carbonyl (C=O) groups excluding carboxylic acids is 2. The van der Waals surface area contributed by atoms with Crippen molar-refractivity contribution in [1.82, 2.24) is 5.32 Å². The molecule has 0 aromatic heterocycles. The highest BCUT2D eigenvalue weighted by Crippen LogP contribution is 2.42. The van der Waals surface area contributed by atoms with E-state index in [1.54, 1.807) is 24.1 Å². The molecule has 0 bridgehead atoms. The Morgan fingerprint density at radius 2 is 1.97 bits per heavy atom. The summed E-state index contributed by atoms with van der Waals surface area (Å²) in [7, 11) is 1.74. The maximum Gasteiger partial charge on any atom is 0.264 e. The molecule has 0 saturated carbocycles. The predicted molar refractivity (Wildman–Crippen MR) is 135 cm³/mol. The zero-order valence-electron chi connectivity index (χ0n) is 18.2. The summed E-state index contributed by atoms with van der Waals surface area (Å²) in [6, 6.07) is 21.3. The number of aryl methyl sites for hydroxylation is 1. The smallest absolute Gasteiger partial charge is 0.264 e. The number of amides is 2. The summed E-state index contributed by atoms with van der Waals surface area (Å²) in [5, 5.41) is 3.83. The molecule has 1 N–H and O–H groups in total. The molecule has 5 rings (SSSR count). The Morgan fingerprint density at radius 3 is 2.82 bits per heavy atom. The second-order valence-corrected chi connectivity index (χ2v) is 9.85. The van der Waals surface area contributed by atoms with Gasteiger partial charge in [-0.2, -0.15) is 0 Å². The SMILES string of the molecule is CN1C(=O)/C(=C/c2cccc(Cl)c2)Sc2ccc(C(=O)NC3CCCc4ccccc43)cc21. The number of thioether (sulfide) groups is 1. The first-order chi connectivity index (χ1) is 16.0. The fraction of sp³-hybridized carbons (Fsp3) is 0.185. The Morgan fingerprint density at radius 1 is 1.12 bits per heavy atom. The highest BCUT2D eigenvalue weighted by molar-refractivity contribution is 8.04. The fourth-order valence-electron chi connectivity index (χ4n) is 4.43. The fourth-order valence-corrected chi connectivity index (χ4v) is 5.72. The van der Waals surface area contributed by atoms with Crippen molar-refractivity contribution >= 4 is 46.9 Å². The third-order valence-corrected chi connectivity index (χ3v) is 7.45. The molecule has 3 aromatic rings. The largest absolute Gasteiger partial charge is 0.345 e. The van der Waals surface area contributed by atoms with E-state index in [-0.39, 0.29) is 17.9 Å². The molecule has 6 heteroatoms. The van der Waals surface area contributed by atoms with E-state index in [2.05, 4.69) is 17.4 Å². The van der Waals surface area contributed by atoms with Crippen LogP contribution in [-0.4, -0.2) is 18.9 Å². The highest BCUT2D eigenvalue weighted by atomic mass is 35.5. The second-order valence-electron chi connectivity index (χ2n) is 8.33. The lowest BCUT2D eigenvalue weighted by Gasteiger charge is -2.28. The van der Waals surface area contributed by atoms with E-state index in [1.165, 1.54) is 22.9 Å². The molecular weight excluding hydrogens is 452 g/mol. The van der Waals surface area contributed by atoms with Crippen LogP contribution in [0.3, 0.4) is 0 Å². The number of carbonyl (C=O) groups is 2. The Kier molecular flexibility index (Phi) is 6.00. The summed E-state index contributed by atoms with van der Waals surface area (Å²) in [6.45, 7) is 0. The van der Waals surface area contributed by atoms with Crippen molar-refractivity contribution < 1.29 is 9.59 Å². The standard InChI is InChI=1S/C27H23ClN2O2S/c1-30-23-16-19(26(31)29-22-11-5-8-18-7-2-3-10-21(18)22)12-13-24(23)33-25(27(30)32)15-17-6-4-9-20(28)14-17/h2-4,6-7,9-10,12-16,22H,5,8,11H2,1H3,(H,29,31)/b25-15-. The van der Waals surface area contributed by atoms with Gasteiger partial charge in [0.1, 0.15) is 0 Å². The van der Waals surface area contributed by atoms with E-state index in [9.17, 15) is 9.59 Å². The van der Waals surface area contributed by atoms with E-state index in [0.29, 0.717) is 15.5 Å². The molecule has 2 aliphatic rings. The van der Waals surface area contributed by atoms with Crippen LogP contribution in [0.25, 0.3) is 6.08 Å². The van der Waals surface area contributed by atoms with Crippen molar-refractivity contribution in [2.75, 3.05) is 11.9 Å². The summed E-state index contributed by atoms with van der Waals surface area (Å²) < 4.78 is 0. The number of benzene rings is 3. The summed E-state index contributed by atoms with van der Waals surface area (Å²) in [6.07, 6.45) is 4.89. The van der Waals surface area contributed by atoms with Gasteiger partial charge in [0, 0.05) is 22.5 Å². The molecule has 1 heterocycles. The lowest BCUT2D eigenvalue weighted by atomic mass is 9.87.